The van der Waals surface area contributed by atoms with Crippen molar-refractivity contribution in [2.24, 2.45) is 0 Å². The summed E-state index contributed by atoms with van der Waals surface area (Å²) >= 11 is 5.80. The van der Waals surface area contributed by atoms with Gasteiger partial charge >= 0.3 is 5.97 Å². The Bertz CT molecular complexity index is 720. The molecule has 2 aromatic carbocycles. The highest BCUT2D eigenvalue weighted by Crippen LogP contribution is 2.17. The Kier molecular flexibility index (Phi) is 5.07. The standard InChI is InChI=1S/C17H13ClO4/c1-11(19)10-22-17(21)15-5-3-2-4-14(15)16(20)12-6-8-13(18)9-7-12/h2-9H,10H2,1H3. The molecule has 112 valence electrons. The fraction of sp³-hybridized carbons (Fsp3) is 0.118. The van der Waals surface area contributed by atoms with Gasteiger partial charge in [0.15, 0.2) is 11.6 Å². The van der Waals surface area contributed by atoms with Crippen LogP contribution in [-0.4, -0.2) is 24.1 Å². The Morgan fingerprint density at radius 3 is 2.14 bits per heavy atom. The second-order valence-corrected chi connectivity index (χ2v) is 5.10. The maximum atomic E-state index is 12.5. The average molecular weight is 317 g/mol. The van der Waals surface area contributed by atoms with Gasteiger partial charge in [-0.25, -0.2) is 4.79 Å². The number of carbonyl (C=O) groups excluding carboxylic acids is 3. The number of rotatable bonds is 5. The highest BCUT2D eigenvalue weighted by molar-refractivity contribution is 6.30. The number of benzene rings is 2. The Morgan fingerprint density at radius 2 is 1.55 bits per heavy atom. The first-order valence-electron chi connectivity index (χ1n) is 6.55. The van der Waals surface area contributed by atoms with Crippen LogP contribution in [0.3, 0.4) is 0 Å². The summed E-state index contributed by atoms with van der Waals surface area (Å²) in [6, 6.07) is 12.7. The average Bonchev–Trinajstić information content (AvgIpc) is 2.52. The number of ether oxygens (including phenoxy) is 1. The van der Waals surface area contributed by atoms with Crippen LogP contribution < -0.4 is 0 Å². The lowest BCUT2D eigenvalue weighted by Crippen LogP contribution is -2.15. The molecule has 0 aliphatic rings. The lowest BCUT2D eigenvalue weighted by atomic mass is 9.98. The van der Waals surface area contributed by atoms with Crippen LogP contribution in [0, 0.1) is 0 Å². The summed E-state index contributed by atoms with van der Waals surface area (Å²) in [6.07, 6.45) is 0. The topological polar surface area (TPSA) is 60.4 Å². The Balaban J connectivity index is 2.31. The fourth-order valence-electron chi connectivity index (χ4n) is 1.86. The summed E-state index contributed by atoms with van der Waals surface area (Å²) in [5.74, 6) is -1.28. The minimum atomic E-state index is -0.701. The molecular formula is C17H13ClO4. The molecule has 0 saturated carbocycles. The molecule has 0 unspecified atom stereocenters. The van der Waals surface area contributed by atoms with Crippen LogP contribution in [0.25, 0.3) is 0 Å². The molecule has 0 N–H and O–H groups in total. The van der Waals surface area contributed by atoms with Gasteiger partial charge in [0.25, 0.3) is 0 Å². The van der Waals surface area contributed by atoms with Crippen molar-refractivity contribution in [2.75, 3.05) is 6.61 Å². The van der Waals surface area contributed by atoms with Gasteiger partial charge in [0.2, 0.25) is 0 Å². The minimum Gasteiger partial charge on any atom is -0.454 e. The van der Waals surface area contributed by atoms with Crippen LogP contribution in [-0.2, 0) is 9.53 Å². The van der Waals surface area contributed by atoms with E-state index in [0.717, 1.165) is 0 Å². The van der Waals surface area contributed by atoms with Crippen molar-refractivity contribution in [2.45, 2.75) is 6.92 Å². The molecule has 22 heavy (non-hydrogen) atoms. The first-order chi connectivity index (χ1) is 10.5. The normalized spacial score (nSPS) is 10.1. The quantitative estimate of drug-likeness (QED) is 0.627. The molecule has 0 aliphatic heterocycles. The molecule has 0 aromatic heterocycles. The van der Waals surface area contributed by atoms with Crippen molar-refractivity contribution in [3.05, 3.63) is 70.2 Å². The van der Waals surface area contributed by atoms with Crippen LogP contribution in [0.4, 0.5) is 0 Å². The molecule has 5 heteroatoms. The van der Waals surface area contributed by atoms with Crippen LogP contribution >= 0.6 is 11.6 Å². The van der Waals surface area contributed by atoms with Gasteiger partial charge in [0, 0.05) is 16.1 Å². The molecule has 0 aliphatic carbocycles. The van der Waals surface area contributed by atoms with E-state index in [0.29, 0.717) is 10.6 Å². The molecular weight excluding hydrogens is 304 g/mol. The van der Waals surface area contributed by atoms with Gasteiger partial charge in [-0.15, -0.1) is 0 Å². The summed E-state index contributed by atoms with van der Waals surface area (Å²) in [4.78, 5) is 35.4. The van der Waals surface area contributed by atoms with Crippen molar-refractivity contribution < 1.29 is 19.1 Å². The summed E-state index contributed by atoms with van der Waals surface area (Å²) in [5, 5.41) is 0.519. The van der Waals surface area contributed by atoms with E-state index in [2.05, 4.69) is 0 Å². The number of esters is 1. The third-order valence-corrected chi connectivity index (χ3v) is 3.16. The van der Waals surface area contributed by atoms with E-state index in [1.54, 1.807) is 42.5 Å². The largest absolute Gasteiger partial charge is 0.454 e. The summed E-state index contributed by atoms with van der Waals surface area (Å²) in [7, 11) is 0. The van der Waals surface area contributed by atoms with Gasteiger partial charge in [-0.3, -0.25) is 9.59 Å². The molecule has 2 aromatic rings. The molecule has 0 fully saturated rings. The van der Waals surface area contributed by atoms with E-state index in [1.165, 1.54) is 13.0 Å². The third kappa shape index (κ3) is 3.80. The number of hydrogen-bond acceptors (Lipinski definition) is 4. The predicted octanol–water partition coefficient (Wildman–Crippen LogP) is 3.32. The van der Waals surface area contributed by atoms with Crippen molar-refractivity contribution in [3.8, 4) is 0 Å². The molecule has 0 radical (unpaired) electrons. The summed E-state index contributed by atoms with van der Waals surface area (Å²) in [6.45, 7) is 1.00. The first-order valence-corrected chi connectivity index (χ1v) is 6.92. The monoisotopic (exact) mass is 316 g/mol. The van der Waals surface area contributed by atoms with Crippen molar-refractivity contribution in [1.29, 1.82) is 0 Å². The Labute approximate surface area is 132 Å². The lowest BCUT2D eigenvalue weighted by Gasteiger charge is -2.08. The zero-order valence-corrected chi connectivity index (χ0v) is 12.6. The molecule has 0 bridgehead atoms. The molecule has 0 heterocycles. The van der Waals surface area contributed by atoms with Gasteiger partial charge < -0.3 is 4.74 Å². The predicted molar refractivity (Wildman–Crippen MR) is 82.3 cm³/mol. The molecule has 0 saturated heterocycles. The fourth-order valence-corrected chi connectivity index (χ4v) is 1.99. The minimum absolute atomic E-state index is 0.128. The molecule has 4 nitrogen and oxygen atoms in total. The van der Waals surface area contributed by atoms with Crippen molar-refractivity contribution in [3.63, 3.8) is 0 Å². The highest BCUT2D eigenvalue weighted by atomic mass is 35.5. The molecule has 0 spiro atoms. The van der Waals surface area contributed by atoms with Crippen molar-refractivity contribution in [1.82, 2.24) is 0 Å². The number of Topliss-reactive ketones (excluding diaryl/α,β-unsaturated/α-hetero) is 1. The Hall–Kier alpha value is -2.46. The zero-order chi connectivity index (χ0) is 16.1. The van der Waals surface area contributed by atoms with Crippen LogP contribution in [0.15, 0.2) is 48.5 Å². The van der Waals surface area contributed by atoms with E-state index in [1.807, 2.05) is 0 Å². The van der Waals surface area contributed by atoms with E-state index in [4.69, 9.17) is 16.3 Å². The zero-order valence-electron chi connectivity index (χ0n) is 11.8. The maximum absolute atomic E-state index is 12.5. The van der Waals surface area contributed by atoms with Crippen LogP contribution in [0.5, 0.6) is 0 Å². The second kappa shape index (κ2) is 7.00. The van der Waals surface area contributed by atoms with Crippen LogP contribution in [0.2, 0.25) is 5.02 Å². The number of halogens is 1. The third-order valence-electron chi connectivity index (χ3n) is 2.90. The van der Waals surface area contributed by atoms with Gasteiger partial charge in [0.1, 0.15) is 6.61 Å². The van der Waals surface area contributed by atoms with Gasteiger partial charge in [0.05, 0.1) is 5.56 Å². The van der Waals surface area contributed by atoms with Crippen molar-refractivity contribution >= 4 is 29.1 Å². The molecule has 0 atom stereocenters. The van der Waals surface area contributed by atoms with Gasteiger partial charge in [-0.1, -0.05) is 29.8 Å². The van der Waals surface area contributed by atoms with Gasteiger partial charge in [-0.05, 0) is 37.3 Å². The second-order valence-electron chi connectivity index (χ2n) is 4.66. The summed E-state index contributed by atoms with van der Waals surface area (Å²) < 4.78 is 4.87. The van der Waals surface area contributed by atoms with E-state index < -0.39 is 5.97 Å². The highest BCUT2D eigenvalue weighted by Gasteiger charge is 2.19. The maximum Gasteiger partial charge on any atom is 0.339 e. The number of ketones is 2. The number of carbonyl (C=O) groups is 3. The number of hydrogen-bond donors (Lipinski definition) is 0. The summed E-state index contributed by atoms with van der Waals surface area (Å²) in [5.41, 5.74) is 0.762. The Morgan fingerprint density at radius 1 is 0.955 bits per heavy atom. The lowest BCUT2D eigenvalue weighted by molar-refractivity contribution is -0.120. The molecule has 0 amide bonds. The molecule has 2 rings (SSSR count). The smallest absolute Gasteiger partial charge is 0.339 e. The van der Waals surface area contributed by atoms with E-state index in [9.17, 15) is 14.4 Å². The first kappa shape index (κ1) is 15.9. The SMILES string of the molecule is CC(=O)COC(=O)c1ccccc1C(=O)c1ccc(Cl)cc1. The van der Waals surface area contributed by atoms with E-state index in [-0.39, 0.29) is 29.3 Å². The van der Waals surface area contributed by atoms with E-state index >= 15 is 0 Å². The van der Waals surface area contributed by atoms with Gasteiger partial charge in [-0.2, -0.15) is 0 Å². The van der Waals surface area contributed by atoms with Crippen LogP contribution in [0.1, 0.15) is 33.2 Å².